The third-order valence-corrected chi connectivity index (χ3v) is 8.93. The maximum atomic E-state index is 4.94. The van der Waals surface area contributed by atoms with Crippen molar-refractivity contribution in [2.45, 2.75) is 12.8 Å². The SMILES string of the molecule is C=C/C=C\C(=C)c1nc(-c2ccccc2)nc(-c2ccc3ccc(-c4ccc(-c5nc(C6=CC=CCC6)nc(-c6ccccc6)n5)cc4)cc3c2)n1. The van der Waals surface area contributed by atoms with Crippen molar-refractivity contribution in [3.05, 3.63) is 183 Å². The van der Waals surface area contributed by atoms with Crippen LogP contribution in [0.2, 0.25) is 0 Å². The number of aromatic nitrogens is 6. The summed E-state index contributed by atoms with van der Waals surface area (Å²) >= 11 is 0. The lowest BCUT2D eigenvalue weighted by atomic mass is 9.98. The minimum absolute atomic E-state index is 0.518. The van der Waals surface area contributed by atoms with E-state index in [1.807, 2.05) is 72.8 Å². The summed E-state index contributed by atoms with van der Waals surface area (Å²) in [5.74, 6) is 3.75. The van der Waals surface area contributed by atoms with E-state index in [9.17, 15) is 0 Å². The maximum Gasteiger partial charge on any atom is 0.164 e. The van der Waals surface area contributed by atoms with Gasteiger partial charge in [-0.25, -0.2) is 29.9 Å². The first-order valence-electron chi connectivity index (χ1n) is 17.2. The van der Waals surface area contributed by atoms with Gasteiger partial charge in [-0.2, -0.15) is 0 Å². The fourth-order valence-corrected chi connectivity index (χ4v) is 6.15. The summed E-state index contributed by atoms with van der Waals surface area (Å²) in [7, 11) is 0. The minimum atomic E-state index is 0.518. The molecule has 0 spiro atoms. The van der Waals surface area contributed by atoms with Gasteiger partial charge in [0.1, 0.15) is 0 Å². The van der Waals surface area contributed by atoms with E-state index in [1.54, 1.807) is 6.08 Å². The predicted molar refractivity (Wildman–Crippen MR) is 213 cm³/mol. The van der Waals surface area contributed by atoms with Crippen LogP contribution >= 0.6 is 0 Å². The Morgan fingerprint density at radius 2 is 1.04 bits per heavy atom. The van der Waals surface area contributed by atoms with E-state index in [4.69, 9.17) is 29.9 Å². The number of nitrogens with zero attached hydrogens (tertiary/aromatic N) is 6. The highest BCUT2D eigenvalue weighted by molar-refractivity contribution is 5.90. The zero-order valence-electron chi connectivity index (χ0n) is 28.5. The molecule has 7 aromatic rings. The van der Waals surface area contributed by atoms with Crippen LogP contribution in [0.5, 0.6) is 0 Å². The number of benzene rings is 5. The van der Waals surface area contributed by atoms with E-state index in [0.29, 0.717) is 34.7 Å². The van der Waals surface area contributed by atoms with Crippen LogP contribution in [0, 0.1) is 0 Å². The van der Waals surface area contributed by atoms with Crippen molar-refractivity contribution < 1.29 is 0 Å². The molecule has 0 atom stereocenters. The lowest BCUT2D eigenvalue weighted by Crippen LogP contribution is -2.03. The first-order chi connectivity index (χ1) is 25.6. The van der Waals surface area contributed by atoms with Gasteiger partial charge < -0.3 is 0 Å². The average molecular weight is 671 g/mol. The van der Waals surface area contributed by atoms with Crippen molar-refractivity contribution in [2.75, 3.05) is 0 Å². The van der Waals surface area contributed by atoms with Gasteiger partial charge >= 0.3 is 0 Å². The molecule has 0 radical (unpaired) electrons. The maximum absolute atomic E-state index is 4.94. The fraction of sp³-hybridized carbons (Fsp3) is 0.0435. The summed E-state index contributed by atoms with van der Waals surface area (Å²) in [5, 5.41) is 2.20. The van der Waals surface area contributed by atoms with Crippen LogP contribution in [0.1, 0.15) is 24.5 Å². The molecule has 0 N–H and O–H groups in total. The first-order valence-corrected chi connectivity index (χ1v) is 17.2. The highest BCUT2D eigenvalue weighted by atomic mass is 15.0. The summed E-state index contributed by atoms with van der Waals surface area (Å²) < 4.78 is 0. The lowest BCUT2D eigenvalue weighted by molar-refractivity contribution is 0.978. The summed E-state index contributed by atoms with van der Waals surface area (Å²) in [6.45, 7) is 7.97. The molecule has 8 rings (SSSR count). The van der Waals surface area contributed by atoms with Gasteiger partial charge in [-0.3, -0.25) is 0 Å². The topological polar surface area (TPSA) is 77.3 Å². The Bertz CT molecular complexity index is 2530. The van der Waals surface area contributed by atoms with E-state index < -0.39 is 0 Å². The molecule has 0 amide bonds. The average Bonchev–Trinajstić information content (AvgIpc) is 3.23. The van der Waals surface area contributed by atoms with Crippen molar-refractivity contribution in [1.82, 2.24) is 29.9 Å². The van der Waals surface area contributed by atoms with Gasteiger partial charge in [0.25, 0.3) is 0 Å². The zero-order chi connectivity index (χ0) is 35.3. The van der Waals surface area contributed by atoms with Gasteiger partial charge in [-0.15, -0.1) is 0 Å². The molecule has 0 fully saturated rings. The molecule has 0 unspecified atom stereocenters. The monoisotopic (exact) mass is 670 g/mol. The number of rotatable bonds is 9. The summed E-state index contributed by atoms with van der Waals surface area (Å²) in [5.41, 5.74) is 7.69. The number of fused-ring (bicyclic) bond motifs is 1. The summed E-state index contributed by atoms with van der Waals surface area (Å²) in [6, 6.07) is 41.2. The molecule has 248 valence electrons. The lowest BCUT2D eigenvalue weighted by Gasteiger charge is -2.12. The Balaban J connectivity index is 1.14. The smallest absolute Gasteiger partial charge is 0.164 e. The normalized spacial score (nSPS) is 12.6. The highest BCUT2D eigenvalue weighted by Crippen LogP contribution is 2.31. The molecule has 52 heavy (non-hydrogen) atoms. The molecular weight excluding hydrogens is 637 g/mol. The minimum Gasteiger partial charge on any atom is -0.209 e. The zero-order valence-corrected chi connectivity index (χ0v) is 28.5. The molecule has 5 aromatic carbocycles. The molecular formula is C46H34N6. The molecule has 6 nitrogen and oxygen atoms in total. The molecule has 0 saturated carbocycles. The Labute approximate surface area is 303 Å². The third kappa shape index (κ3) is 6.91. The summed E-state index contributed by atoms with van der Waals surface area (Å²) in [4.78, 5) is 29.2. The standard InChI is InChI=1S/C46H34N6/c1-3-4-14-31(2)41-47-42(34-15-8-5-9-16-34)52-46(48-41)39-28-24-33-23-27-38(29-40(33)30-39)32-21-25-37(26-22-32)45-50-43(35-17-10-6-11-18-35)49-44(51-45)36-19-12-7-13-20-36/h3-12,14-19,21-30H,1-2,13,20H2/b14-4-. The van der Waals surface area contributed by atoms with E-state index >= 15 is 0 Å². The van der Waals surface area contributed by atoms with Crippen molar-refractivity contribution in [3.63, 3.8) is 0 Å². The Morgan fingerprint density at radius 1 is 0.519 bits per heavy atom. The Hall–Kier alpha value is -6.92. The van der Waals surface area contributed by atoms with Gasteiger partial charge in [0.2, 0.25) is 0 Å². The highest BCUT2D eigenvalue weighted by Gasteiger charge is 2.15. The summed E-state index contributed by atoms with van der Waals surface area (Å²) in [6.07, 6.45) is 13.6. The third-order valence-electron chi connectivity index (χ3n) is 8.93. The van der Waals surface area contributed by atoms with Gasteiger partial charge in [0.05, 0.1) is 0 Å². The second-order valence-electron chi connectivity index (χ2n) is 12.5. The van der Waals surface area contributed by atoms with E-state index in [2.05, 4.69) is 92.0 Å². The quantitative estimate of drug-likeness (QED) is 0.142. The van der Waals surface area contributed by atoms with Gasteiger partial charge in [-0.05, 0) is 52.4 Å². The molecule has 1 aliphatic rings. The van der Waals surface area contributed by atoms with Crippen LogP contribution in [0.4, 0.5) is 0 Å². The van der Waals surface area contributed by atoms with Crippen molar-refractivity contribution in [3.8, 4) is 56.7 Å². The van der Waals surface area contributed by atoms with Crippen molar-refractivity contribution >= 4 is 21.9 Å². The molecule has 2 aromatic heterocycles. The molecule has 0 bridgehead atoms. The van der Waals surface area contributed by atoms with Crippen LogP contribution < -0.4 is 0 Å². The van der Waals surface area contributed by atoms with Gasteiger partial charge in [0, 0.05) is 27.8 Å². The predicted octanol–water partition coefficient (Wildman–Crippen LogP) is 11.0. The Morgan fingerprint density at radius 3 is 1.65 bits per heavy atom. The largest absolute Gasteiger partial charge is 0.209 e. The van der Waals surface area contributed by atoms with Crippen LogP contribution in [0.25, 0.3) is 78.6 Å². The number of hydrogen-bond acceptors (Lipinski definition) is 6. The number of allylic oxidation sites excluding steroid dienone is 8. The second-order valence-corrected chi connectivity index (χ2v) is 12.5. The van der Waals surface area contributed by atoms with Crippen molar-refractivity contribution in [1.29, 1.82) is 0 Å². The molecule has 0 aliphatic heterocycles. The molecule has 2 heterocycles. The van der Waals surface area contributed by atoms with Crippen molar-refractivity contribution in [2.24, 2.45) is 0 Å². The molecule has 0 saturated heterocycles. The van der Waals surface area contributed by atoms with Gasteiger partial charge in [-0.1, -0.05) is 159 Å². The van der Waals surface area contributed by atoms with Gasteiger partial charge in [0.15, 0.2) is 34.9 Å². The van der Waals surface area contributed by atoms with E-state index in [-0.39, 0.29) is 0 Å². The molecule has 1 aliphatic carbocycles. The fourth-order valence-electron chi connectivity index (χ4n) is 6.15. The Kier molecular flexibility index (Phi) is 9.01. The van der Waals surface area contributed by atoms with Crippen LogP contribution in [0.3, 0.4) is 0 Å². The molecule has 6 heteroatoms. The van der Waals surface area contributed by atoms with Crippen LogP contribution in [-0.2, 0) is 0 Å². The number of hydrogen-bond donors (Lipinski definition) is 0. The van der Waals surface area contributed by atoms with E-state index in [1.165, 1.54) is 0 Å². The van der Waals surface area contributed by atoms with E-state index in [0.717, 1.165) is 68.4 Å². The first kappa shape index (κ1) is 32.3. The van der Waals surface area contributed by atoms with Crippen LogP contribution in [-0.4, -0.2) is 29.9 Å². The second kappa shape index (κ2) is 14.5. The van der Waals surface area contributed by atoms with Crippen LogP contribution in [0.15, 0.2) is 171 Å².